The SMILES string of the molecule is COc1cccc(CNc2cccc(OC(F)F)c2)c1. The van der Waals surface area contributed by atoms with E-state index < -0.39 is 6.61 Å². The van der Waals surface area contributed by atoms with Crippen molar-refractivity contribution in [3.05, 3.63) is 54.1 Å². The van der Waals surface area contributed by atoms with Crippen LogP contribution in [0.15, 0.2) is 48.5 Å². The van der Waals surface area contributed by atoms with Gasteiger partial charge in [0, 0.05) is 18.3 Å². The van der Waals surface area contributed by atoms with Crippen molar-refractivity contribution in [2.45, 2.75) is 13.2 Å². The van der Waals surface area contributed by atoms with Crippen LogP contribution >= 0.6 is 0 Å². The Bertz CT molecular complexity index is 561. The fourth-order valence-corrected chi connectivity index (χ4v) is 1.77. The Morgan fingerprint density at radius 2 is 1.80 bits per heavy atom. The molecule has 0 spiro atoms. The number of ether oxygens (including phenoxy) is 2. The molecule has 1 N–H and O–H groups in total. The molecule has 0 aliphatic heterocycles. The first-order valence-electron chi connectivity index (χ1n) is 6.09. The minimum Gasteiger partial charge on any atom is -0.497 e. The lowest BCUT2D eigenvalue weighted by Crippen LogP contribution is -2.03. The molecule has 20 heavy (non-hydrogen) atoms. The molecule has 0 aliphatic rings. The Labute approximate surface area is 116 Å². The van der Waals surface area contributed by atoms with Crippen molar-refractivity contribution >= 4 is 5.69 Å². The van der Waals surface area contributed by atoms with Crippen molar-refractivity contribution < 1.29 is 18.3 Å². The van der Waals surface area contributed by atoms with Crippen LogP contribution in [0, 0.1) is 0 Å². The van der Waals surface area contributed by atoms with Crippen LogP contribution in [0.25, 0.3) is 0 Å². The Morgan fingerprint density at radius 1 is 1.05 bits per heavy atom. The Morgan fingerprint density at radius 3 is 2.55 bits per heavy atom. The number of hydrogen-bond acceptors (Lipinski definition) is 3. The average Bonchev–Trinajstić information content (AvgIpc) is 2.45. The van der Waals surface area contributed by atoms with Crippen molar-refractivity contribution in [1.29, 1.82) is 0 Å². The second-order valence-electron chi connectivity index (χ2n) is 4.11. The van der Waals surface area contributed by atoms with Gasteiger partial charge in [-0.3, -0.25) is 0 Å². The van der Waals surface area contributed by atoms with E-state index in [1.165, 1.54) is 12.1 Å². The van der Waals surface area contributed by atoms with Crippen LogP contribution in [0.2, 0.25) is 0 Å². The number of hydrogen-bond donors (Lipinski definition) is 1. The summed E-state index contributed by atoms with van der Waals surface area (Å²) < 4.78 is 33.7. The molecule has 2 rings (SSSR count). The van der Waals surface area contributed by atoms with Crippen molar-refractivity contribution in [2.75, 3.05) is 12.4 Å². The first kappa shape index (κ1) is 14.1. The zero-order valence-corrected chi connectivity index (χ0v) is 11.0. The zero-order valence-electron chi connectivity index (χ0n) is 11.0. The lowest BCUT2D eigenvalue weighted by Gasteiger charge is -2.10. The molecule has 0 atom stereocenters. The minimum atomic E-state index is -2.82. The molecule has 0 bridgehead atoms. The molecular weight excluding hydrogens is 264 g/mol. The smallest absolute Gasteiger partial charge is 0.387 e. The van der Waals surface area contributed by atoms with Gasteiger partial charge in [0.05, 0.1) is 7.11 Å². The van der Waals surface area contributed by atoms with E-state index in [0.717, 1.165) is 11.3 Å². The number of benzene rings is 2. The van der Waals surface area contributed by atoms with Crippen molar-refractivity contribution in [1.82, 2.24) is 0 Å². The predicted octanol–water partition coefficient (Wildman–Crippen LogP) is 3.91. The van der Waals surface area contributed by atoms with Crippen LogP contribution < -0.4 is 14.8 Å². The number of rotatable bonds is 6. The summed E-state index contributed by atoms with van der Waals surface area (Å²) in [4.78, 5) is 0. The molecule has 2 aromatic rings. The van der Waals surface area contributed by atoms with E-state index in [1.807, 2.05) is 24.3 Å². The second kappa shape index (κ2) is 6.75. The van der Waals surface area contributed by atoms with Gasteiger partial charge in [0.2, 0.25) is 0 Å². The van der Waals surface area contributed by atoms with Crippen LogP contribution in [0.1, 0.15) is 5.56 Å². The first-order chi connectivity index (χ1) is 9.67. The third-order valence-corrected chi connectivity index (χ3v) is 2.69. The maximum absolute atomic E-state index is 12.1. The first-order valence-corrected chi connectivity index (χ1v) is 6.09. The van der Waals surface area contributed by atoms with Gasteiger partial charge >= 0.3 is 6.61 Å². The Balaban J connectivity index is 1.99. The normalized spacial score (nSPS) is 10.4. The van der Waals surface area contributed by atoms with Crippen LogP contribution in [0.4, 0.5) is 14.5 Å². The molecule has 0 saturated heterocycles. The van der Waals surface area contributed by atoms with Gasteiger partial charge in [-0.15, -0.1) is 0 Å². The maximum Gasteiger partial charge on any atom is 0.387 e. The molecule has 0 saturated carbocycles. The molecule has 3 nitrogen and oxygen atoms in total. The lowest BCUT2D eigenvalue weighted by atomic mass is 10.2. The van der Waals surface area contributed by atoms with E-state index in [2.05, 4.69) is 10.1 Å². The monoisotopic (exact) mass is 279 g/mol. The van der Waals surface area contributed by atoms with E-state index in [9.17, 15) is 8.78 Å². The fraction of sp³-hybridized carbons (Fsp3) is 0.200. The van der Waals surface area contributed by atoms with Crippen LogP contribution in [0.3, 0.4) is 0 Å². The molecule has 0 unspecified atom stereocenters. The van der Waals surface area contributed by atoms with Crippen LogP contribution in [-0.4, -0.2) is 13.7 Å². The summed E-state index contributed by atoms with van der Waals surface area (Å²) in [5.74, 6) is 0.912. The van der Waals surface area contributed by atoms with Gasteiger partial charge < -0.3 is 14.8 Å². The minimum absolute atomic E-state index is 0.135. The molecule has 0 amide bonds. The summed E-state index contributed by atoms with van der Waals surface area (Å²) in [5, 5.41) is 3.15. The van der Waals surface area contributed by atoms with Crippen LogP contribution in [0.5, 0.6) is 11.5 Å². The van der Waals surface area contributed by atoms with Gasteiger partial charge in [-0.05, 0) is 29.8 Å². The summed E-state index contributed by atoms with van der Waals surface area (Å²) in [6.07, 6.45) is 0. The van der Waals surface area contributed by atoms with E-state index in [4.69, 9.17) is 4.74 Å². The third kappa shape index (κ3) is 4.12. The number of nitrogens with one attached hydrogen (secondary N) is 1. The molecule has 0 aromatic heterocycles. The largest absolute Gasteiger partial charge is 0.497 e. The van der Waals surface area contributed by atoms with Gasteiger partial charge in [-0.1, -0.05) is 18.2 Å². The molecule has 106 valence electrons. The average molecular weight is 279 g/mol. The highest BCUT2D eigenvalue weighted by atomic mass is 19.3. The highest BCUT2D eigenvalue weighted by Gasteiger charge is 2.04. The summed E-state index contributed by atoms with van der Waals surface area (Å²) in [7, 11) is 1.61. The molecule has 2 aromatic carbocycles. The summed E-state index contributed by atoms with van der Waals surface area (Å²) in [5.41, 5.74) is 1.75. The van der Waals surface area contributed by atoms with Gasteiger partial charge in [0.25, 0.3) is 0 Å². The van der Waals surface area contributed by atoms with E-state index in [0.29, 0.717) is 12.2 Å². The highest BCUT2D eigenvalue weighted by Crippen LogP contribution is 2.20. The van der Waals surface area contributed by atoms with E-state index in [-0.39, 0.29) is 5.75 Å². The van der Waals surface area contributed by atoms with Crippen molar-refractivity contribution in [2.24, 2.45) is 0 Å². The Hall–Kier alpha value is -2.30. The van der Waals surface area contributed by atoms with Crippen molar-refractivity contribution in [3.8, 4) is 11.5 Å². The van der Waals surface area contributed by atoms with Gasteiger partial charge in [-0.25, -0.2) is 0 Å². The predicted molar refractivity (Wildman–Crippen MR) is 73.4 cm³/mol. The van der Waals surface area contributed by atoms with Gasteiger partial charge in [0.1, 0.15) is 11.5 Å². The second-order valence-corrected chi connectivity index (χ2v) is 4.11. The summed E-state index contributed by atoms with van der Waals surface area (Å²) in [6, 6.07) is 14.1. The van der Waals surface area contributed by atoms with Crippen molar-refractivity contribution in [3.63, 3.8) is 0 Å². The topological polar surface area (TPSA) is 30.5 Å². The highest BCUT2D eigenvalue weighted by molar-refractivity contribution is 5.48. The summed E-state index contributed by atoms with van der Waals surface area (Å²) in [6.45, 7) is -2.25. The zero-order chi connectivity index (χ0) is 14.4. The number of alkyl halides is 2. The van der Waals surface area contributed by atoms with E-state index >= 15 is 0 Å². The summed E-state index contributed by atoms with van der Waals surface area (Å²) >= 11 is 0. The quantitative estimate of drug-likeness (QED) is 0.869. The number of halogens is 2. The molecule has 5 heteroatoms. The fourth-order valence-electron chi connectivity index (χ4n) is 1.77. The molecule has 0 aliphatic carbocycles. The molecular formula is C15H15F2NO2. The van der Waals surface area contributed by atoms with Gasteiger partial charge in [-0.2, -0.15) is 8.78 Å². The molecule has 0 fully saturated rings. The van der Waals surface area contributed by atoms with Gasteiger partial charge in [0.15, 0.2) is 0 Å². The standard InChI is InChI=1S/C15H15F2NO2/c1-19-13-6-2-4-11(8-13)10-18-12-5-3-7-14(9-12)20-15(16)17/h2-9,15,18H,10H2,1H3. The number of methoxy groups -OCH3 is 1. The molecule has 0 radical (unpaired) electrons. The lowest BCUT2D eigenvalue weighted by molar-refractivity contribution is -0.0498. The number of anilines is 1. The van der Waals surface area contributed by atoms with Crippen LogP contribution in [-0.2, 0) is 6.54 Å². The molecule has 0 heterocycles. The van der Waals surface area contributed by atoms with E-state index in [1.54, 1.807) is 19.2 Å². The maximum atomic E-state index is 12.1. The third-order valence-electron chi connectivity index (χ3n) is 2.69. The Kier molecular flexibility index (Phi) is 4.76.